The summed E-state index contributed by atoms with van der Waals surface area (Å²) in [7, 11) is 1.66. The Labute approximate surface area is 105 Å². The third-order valence-electron chi connectivity index (χ3n) is 2.30. The Kier molecular flexibility index (Phi) is 4.39. The van der Waals surface area contributed by atoms with Gasteiger partial charge in [-0.05, 0) is 25.1 Å². The number of anilines is 1. The van der Waals surface area contributed by atoms with E-state index in [2.05, 4.69) is 5.32 Å². The van der Waals surface area contributed by atoms with Crippen molar-refractivity contribution in [2.45, 2.75) is 6.92 Å². The molecule has 0 aliphatic carbocycles. The molecule has 0 aliphatic heterocycles. The molecule has 3 N–H and O–H groups in total. The quantitative estimate of drug-likeness (QED) is 0.812. The molecule has 0 aliphatic rings. The van der Waals surface area contributed by atoms with Gasteiger partial charge in [0.2, 0.25) is 0 Å². The van der Waals surface area contributed by atoms with E-state index in [4.69, 9.17) is 18.0 Å². The fourth-order valence-corrected chi connectivity index (χ4v) is 1.31. The normalized spacial score (nSPS) is 9.82. The Balaban J connectivity index is 2.90. The van der Waals surface area contributed by atoms with E-state index in [1.807, 2.05) is 6.92 Å². The summed E-state index contributed by atoms with van der Waals surface area (Å²) in [6.07, 6.45) is 0. The van der Waals surface area contributed by atoms with E-state index in [0.29, 0.717) is 12.2 Å². The molecule has 1 rings (SSSR count). The van der Waals surface area contributed by atoms with Gasteiger partial charge in [0.1, 0.15) is 10.8 Å². The van der Waals surface area contributed by atoms with E-state index in [1.54, 1.807) is 7.05 Å². The van der Waals surface area contributed by atoms with Crippen LogP contribution < -0.4 is 11.1 Å². The van der Waals surface area contributed by atoms with Gasteiger partial charge in [0.05, 0.1) is 0 Å². The van der Waals surface area contributed by atoms with Crippen LogP contribution >= 0.6 is 12.2 Å². The molecule has 0 unspecified atom stereocenters. The molecular weight excluding hydrogens is 241 g/mol. The molecule has 0 aromatic heterocycles. The largest absolute Gasteiger partial charge is 0.389 e. The fourth-order valence-electron chi connectivity index (χ4n) is 1.15. The minimum absolute atomic E-state index is 0.0394. The number of nitrogens with zero attached hydrogens (tertiary/aromatic N) is 1. The second-order valence-corrected chi connectivity index (χ2v) is 3.94. The molecule has 0 saturated carbocycles. The molecule has 0 fully saturated rings. The van der Waals surface area contributed by atoms with E-state index in [-0.39, 0.29) is 16.6 Å². The number of urea groups is 1. The van der Waals surface area contributed by atoms with Crippen LogP contribution in [0, 0.1) is 5.82 Å². The average Bonchev–Trinajstić information content (AvgIpc) is 2.30. The van der Waals surface area contributed by atoms with Gasteiger partial charge in [-0.15, -0.1) is 0 Å². The maximum Gasteiger partial charge on any atom is 0.321 e. The second-order valence-electron chi connectivity index (χ2n) is 3.50. The number of halogens is 1. The third-order valence-corrected chi connectivity index (χ3v) is 2.52. The number of carbonyl (C=O) groups excluding carboxylic acids is 1. The van der Waals surface area contributed by atoms with Crippen molar-refractivity contribution in [2.24, 2.45) is 5.73 Å². The Hall–Kier alpha value is -1.69. The molecule has 17 heavy (non-hydrogen) atoms. The van der Waals surface area contributed by atoms with Gasteiger partial charge in [-0.2, -0.15) is 0 Å². The fraction of sp³-hybridized carbons (Fsp3) is 0.273. The summed E-state index contributed by atoms with van der Waals surface area (Å²) >= 11 is 4.71. The summed E-state index contributed by atoms with van der Waals surface area (Å²) in [5.74, 6) is -0.501. The molecule has 1 aromatic rings. The molecule has 2 amide bonds. The highest BCUT2D eigenvalue weighted by molar-refractivity contribution is 7.80. The Morgan fingerprint density at radius 3 is 2.76 bits per heavy atom. The van der Waals surface area contributed by atoms with Crippen molar-refractivity contribution in [3.05, 3.63) is 29.6 Å². The molecule has 0 saturated heterocycles. The van der Waals surface area contributed by atoms with Crippen molar-refractivity contribution in [3.63, 3.8) is 0 Å². The number of carbonyl (C=O) groups is 1. The van der Waals surface area contributed by atoms with Crippen LogP contribution in [0.2, 0.25) is 0 Å². The number of hydrogen-bond acceptors (Lipinski definition) is 2. The monoisotopic (exact) mass is 255 g/mol. The van der Waals surface area contributed by atoms with Crippen molar-refractivity contribution < 1.29 is 9.18 Å². The lowest BCUT2D eigenvalue weighted by atomic mass is 10.2. The van der Waals surface area contributed by atoms with Crippen LogP contribution in [-0.4, -0.2) is 29.5 Å². The summed E-state index contributed by atoms with van der Waals surface area (Å²) < 4.78 is 13.3. The number of nitrogens with one attached hydrogen (secondary N) is 1. The standard InChI is InChI=1S/C11H14FN3OS/c1-3-15(2)11(16)14-7-4-5-9(12)8(6-7)10(13)17/h4-6H,3H2,1-2H3,(H2,13,17)(H,14,16). The van der Waals surface area contributed by atoms with Gasteiger partial charge in [0.25, 0.3) is 0 Å². The van der Waals surface area contributed by atoms with Crippen molar-refractivity contribution in [2.75, 3.05) is 18.9 Å². The molecule has 1 aromatic carbocycles. The first kappa shape index (κ1) is 13.4. The first-order valence-corrected chi connectivity index (χ1v) is 5.48. The molecule has 0 atom stereocenters. The number of thiocarbonyl (C=S) groups is 1. The number of rotatable bonds is 3. The van der Waals surface area contributed by atoms with Gasteiger partial charge < -0.3 is 16.0 Å². The molecule has 4 nitrogen and oxygen atoms in total. The molecule has 0 radical (unpaired) electrons. The van der Waals surface area contributed by atoms with Gasteiger partial charge in [0, 0.05) is 24.8 Å². The lowest BCUT2D eigenvalue weighted by molar-refractivity contribution is 0.224. The zero-order valence-electron chi connectivity index (χ0n) is 9.66. The molecule has 6 heteroatoms. The maximum absolute atomic E-state index is 13.3. The summed E-state index contributed by atoms with van der Waals surface area (Å²) in [5.41, 5.74) is 5.95. The Morgan fingerprint density at radius 1 is 1.59 bits per heavy atom. The topological polar surface area (TPSA) is 58.4 Å². The van der Waals surface area contributed by atoms with Crippen LogP contribution in [0.25, 0.3) is 0 Å². The lowest BCUT2D eigenvalue weighted by Gasteiger charge is -2.15. The summed E-state index contributed by atoms with van der Waals surface area (Å²) in [5, 5.41) is 2.62. The second kappa shape index (κ2) is 5.58. The first-order chi connectivity index (χ1) is 7.95. The molecular formula is C11H14FN3OS. The summed E-state index contributed by atoms with van der Waals surface area (Å²) in [6.45, 7) is 2.43. The number of nitrogens with two attached hydrogens (primary N) is 1. The van der Waals surface area contributed by atoms with E-state index >= 15 is 0 Å². The van der Waals surface area contributed by atoms with Crippen LogP contribution in [0.1, 0.15) is 12.5 Å². The minimum atomic E-state index is -0.501. The van der Waals surface area contributed by atoms with Gasteiger partial charge >= 0.3 is 6.03 Å². The Bertz CT molecular complexity index is 450. The van der Waals surface area contributed by atoms with Crippen LogP contribution in [0.15, 0.2) is 18.2 Å². The van der Waals surface area contributed by atoms with Crippen LogP contribution in [0.3, 0.4) is 0 Å². The Morgan fingerprint density at radius 2 is 2.24 bits per heavy atom. The van der Waals surface area contributed by atoms with E-state index in [1.165, 1.54) is 23.1 Å². The van der Waals surface area contributed by atoms with Crippen molar-refractivity contribution in [1.29, 1.82) is 0 Å². The number of benzene rings is 1. The van der Waals surface area contributed by atoms with Crippen LogP contribution in [0.5, 0.6) is 0 Å². The van der Waals surface area contributed by atoms with Crippen molar-refractivity contribution in [3.8, 4) is 0 Å². The van der Waals surface area contributed by atoms with E-state index in [0.717, 1.165) is 0 Å². The highest BCUT2D eigenvalue weighted by Gasteiger charge is 2.10. The van der Waals surface area contributed by atoms with E-state index in [9.17, 15) is 9.18 Å². The average molecular weight is 255 g/mol. The van der Waals surface area contributed by atoms with Crippen molar-refractivity contribution >= 4 is 28.9 Å². The highest BCUT2D eigenvalue weighted by atomic mass is 32.1. The minimum Gasteiger partial charge on any atom is -0.389 e. The van der Waals surface area contributed by atoms with Crippen molar-refractivity contribution in [1.82, 2.24) is 4.90 Å². The van der Waals surface area contributed by atoms with Gasteiger partial charge in [0.15, 0.2) is 0 Å². The molecule has 0 spiro atoms. The zero-order chi connectivity index (χ0) is 13.0. The first-order valence-electron chi connectivity index (χ1n) is 5.07. The lowest BCUT2D eigenvalue weighted by Crippen LogP contribution is -2.31. The SMILES string of the molecule is CCN(C)C(=O)Nc1ccc(F)c(C(N)=S)c1. The van der Waals surface area contributed by atoms with Crippen LogP contribution in [0.4, 0.5) is 14.9 Å². The summed E-state index contributed by atoms with van der Waals surface area (Å²) in [6, 6.07) is 3.82. The molecule has 92 valence electrons. The van der Waals surface area contributed by atoms with Gasteiger partial charge in [-0.25, -0.2) is 9.18 Å². The summed E-state index contributed by atoms with van der Waals surface area (Å²) in [4.78, 5) is 13.0. The maximum atomic E-state index is 13.3. The van der Waals surface area contributed by atoms with Crippen LogP contribution in [-0.2, 0) is 0 Å². The predicted octanol–water partition coefficient (Wildman–Crippen LogP) is 1.94. The molecule has 0 bridgehead atoms. The van der Waals surface area contributed by atoms with Gasteiger partial charge in [-0.3, -0.25) is 0 Å². The zero-order valence-corrected chi connectivity index (χ0v) is 10.5. The van der Waals surface area contributed by atoms with E-state index < -0.39 is 5.82 Å². The number of amides is 2. The smallest absolute Gasteiger partial charge is 0.321 e. The predicted molar refractivity (Wildman–Crippen MR) is 69.6 cm³/mol. The number of hydrogen-bond donors (Lipinski definition) is 2. The third kappa shape index (κ3) is 3.39. The highest BCUT2D eigenvalue weighted by Crippen LogP contribution is 2.15. The molecule has 0 heterocycles. The van der Waals surface area contributed by atoms with Gasteiger partial charge in [-0.1, -0.05) is 12.2 Å².